The van der Waals surface area contributed by atoms with E-state index in [4.69, 9.17) is 5.11 Å². The Morgan fingerprint density at radius 2 is 1.94 bits per heavy atom. The summed E-state index contributed by atoms with van der Waals surface area (Å²) in [5.74, 6) is -3.19. The van der Waals surface area contributed by atoms with Crippen LogP contribution in [0.3, 0.4) is 0 Å². The first-order valence-electron chi connectivity index (χ1n) is 5.10. The first kappa shape index (κ1) is 13.8. The van der Waals surface area contributed by atoms with E-state index in [1.807, 2.05) is 0 Å². The number of rotatable bonds is 2. The van der Waals surface area contributed by atoms with Gasteiger partial charge in [0.25, 0.3) is 0 Å². The number of halogens is 3. The van der Waals surface area contributed by atoms with E-state index in [9.17, 15) is 22.8 Å². The van der Waals surface area contributed by atoms with Crippen LogP contribution in [-0.4, -0.2) is 65.2 Å². The van der Waals surface area contributed by atoms with Crippen LogP contribution in [0, 0.1) is 0 Å². The van der Waals surface area contributed by atoms with Gasteiger partial charge in [0.15, 0.2) is 0 Å². The number of nitrogens with zero attached hydrogens (tertiary/aromatic N) is 2. The molecule has 1 amide bonds. The molecular weight excluding hydrogens is 241 g/mol. The minimum atomic E-state index is -4.95. The first-order valence-corrected chi connectivity index (χ1v) is 5.10. The summed E-state index contributed by atoms with van der Waals surface area (Å²) in [6.45, 7) is 1.75. The van der Waals surface area contributed by atoms with Gasteiger partial charge in [0.05, 0.1) is 0 Å². The zero-order chi connectivity index (χ0) is 13.2. The van der Waals surface area contributed by atoms with Gasteiger partial charge in [-0.1, -0.05) is 6.92 Å². The summed E-state index contributed by atoms with van der Waals surface area (Å²) in [6.07, 6.45) is -4.95. The second-order valence-corrected chi connectivity index (χ2v) is 3.73. The number of carboxylic acids is 1. The average Bonchev–Trinajstić information content (AvgIpc) is 2.25. The van der Waals surface area contributed by atoms with Crippen molar-refractivity contribution in [3.8, 4) is 0 Å². The average molecular weight is 254 g/mol. The summed E-state index contributed by atoms with van der Waals surface area (Å²) in [7, 11) is 0. The van der Waals surface area contributed by atoms with Crippen molar-refractivity contribution in [2.75, 3.05) is 26.2 Å². The minimum absolute atomic E-state index is 0.101. The molecule has 1 unspecified atom stereocenters. The SMILES string of the molecule is CCN1CCN(C(=O)C(F)(F)F)CC1C(=O)O. The maximum Gasteiger partial charge on any atom is 0.471 e. The van der Waals surface area contributed by atoms with Gasteiger partial charge in [0.1, 0.15) is 6.04 Å². The highest BCUT2D eigenvalue weighted by molar-refractivity contribution is 5.83. The van der Waals surface area contributed by atoms with Gasteiger partial charge < -0.3 is 10.0 Å². The zero-order valence-corrected chi connectivity index (χ0v) is 9.20. The quantitative estimate of drug-likeness (QED) is 0.763. The Hall–Kier alpha value is -1.31. The summed E-state index contributed by atoms with van der Waals surface area (Å²) in [6, 6.07) is -1.07. The van der Waals surface area contributed by atoms with E-state index >= 15 is 0 Å². The highest BCUT2D eigenvalue weighted by Gasteiger charge is 2.45. The van der Waals surface area contributed by atoms with Crippen LogP contribution >= 0.6 is 0 Å². The number of hydrogen-bond acceptors (Lipinski definition) is 3. The van der Waals surface area contributed by atoms with Gasteiger partial charge >= 0.3 is 18.1 Å². The molecule has 0 aromatic heterocycles. The lowest BCUT2D eigenvalue weighted by Crippen LogP contribution is -2.59. The Balaban J connectivity index is 2.75. The second-order valence-electron chi connectivity index (χ2n) is 3.73. The van der Waals surface area contributed by atoms with Gasteiger partial charge in [-0.05, 0) is 6.54 Å². The Morgan fingerprint density at radius 1 is 1.35 bits per heavy atom. The van der Waals surface area contributed by atoms with Crippen LogP contribution in [0.5, 0.6) is 0 Å². The number of carboxylic acid groups (broad SMARTS) is 1. The third kappa shape index (κ3) is 3.09. The van der Waals surface area contributed by atoms with Crippen molar-refractivity contribution in [1.82, 2.24) is 9.80 Å². The number of piperazine rings is 1. The molecule has 0 radical (unpaired) electrons. The lowest BCUT2D eigenvalue weighted by molar-refractivity contribution is -0.188. The summed E-state index contributed by atoms with van der Waals surface area (Å²) in [4.78, 5) is 23.9. The molecule has 1 rings (SSSR count). The van der Waals surface area contributed by atoms with E-state index in [0.29, 0.717) is 11.4 Å². The summed E-state index contributed by atoms with van der Waals surface area (Å²) in [5.41, 5.74) is 0. The number of alkyl halides is 3. The standard InChI is InChI=1S/C9H13F3N2O3/c1-2-13-3-4-14(5-6(13)7(15)16)8(17)9(10,11)12/h6H,2-5H2,1H3,(H,15,16). The van der Waals surface area contributed by atoms with Crippen LogP contribution in [-0.2, 0) is 9.59 Å². The Morgan fingerprint density at radius 3 is 2.35 bits per heavy atom. The molecule has 5 nitrogen and oxygen atoms in total. The molecule has 1 aliphatic heterocycles. The fourth-order valence-electron chi connectivity index (χ4n) is 1.80. The van der Waals surface area contributed by atoms with Gasteiger partial charge in [-0.2, -0.15) is 13.2 Å². The lowest BCUT2D eigenvalue weighted by Gasteiger charge is -2.38. The molecule has 17 heavy (non-hydrogen) atoms. The summed E-state index contributed by atoms with van der Waals surface area (Å²) < 4.78 is 36.6. The molecule has 0 saturated carbocycles. The molecule has 0 aliphatic carbocycles. The smallest absolute Gasteiger partial charge is 0.471 e. The third-order valence-electron chi connectivity index (χ3n) is 2.71. The van der Waals surface area contributed by atoms with E-state index in [-0.39, 0.29) is 13.1 Å². The van der Waals surface area contributed by atoms with Crippen molar-refractivity contribution in [1.29, 1.82) is 0 Å². The largest absolute Gasteiger partial charge is 0.480 e. The van der Waals surface area contributed by atoms with E-state index in [1.165, 1.54) is 4.90 Å². The Bertz CT molecular complexity index is 319. The maximum atomic E-state index is 12.2. The van der Waals surface area contributed by atoms with Crippen molar-refractivity contribution in [2.45, 2.75) is 19.1 Å². The topological polar surface area (TPSA) is 60.9 Å². The summed E-state index contributed by atoms with van der Waals surface area (Å²) in [5, 5.41) is 8.88. The van der Waals surface area contributed by atoms with E-state index < -0.39 is 30.6 Å². The monoisotopic (exact) mass is 254 g/mol. The number of carbonyl (C=O) groups is 2. The number of likely N-dealkylation sites (N-methyl/N-ethyl adjacent to an activating group) is 1. The van der Waals surface area contributed by atoms with Crippen LogP contribution in [0.4, 0.5) is 13.2 Å². The van der Waals surface area contributed by atoms with Crippen LogP contribution < -0.4 is 0 Å². The predicted octanol–water partition coefficient (Wildman–Crippen LogP) is 0.166. The second kappa shape index (κ2) is 4.91. The lowest BCUT2D eigenvalue weighted by atomic mass is 10.1. The molecule has 1 aliphatic rings. The van der Waals surface area contributed by atoms with E-state index in [0.717, 1.165) is 0 Å². The van der Waals surface area contributed by atoms with Crippen LogP contribution in [0.15, 0.2) is 0 Å². The molecule has 0 aromatic rings. The number of aliphatic carboxylic acids is 1. The normalized spacial score (nSPS) is 22.6. The molecule has 98 valence electrons. The molecule has 1 fully saturated rings. The fourth-order valence-corrected chi connectivity index (χ4v) is 1.80. The van der Waals surface area contributed by atoms with Crippen molar-refractivity contribution < 1.29 is 27.9 Å². The molecule has 0 bridgehead atoms. The Kier molecular flexibility index (Phi) is 3.97. The van der Waals surface area contributed by atoms with E-state index in [2.05, 4.69) is 0 Å². The highest BCUT2D eigenvalue weighted by atomic mass is 19.4. The maximum absolute atomic E-state index is 12.2. The first-order chi connectivity index (χ1) is 7.77. The number of carbonyl (C=O) groups excluding carboxylic acids is 1. The molecule has 1 heterocycles. The van der Waals surface area contributed by atoms with Crippen molar-refractivity contribution >= 4 is 11.9 Å². The predicted molar refractivity (Wildman–Crippen MR) is 51.3 cm³/mol. The van der Waals surface area contributed by atoms with Crippen molar-refractivity contribution in [3.63, 3.8) is 0 Å². The fraction of sp³-hybridized carbons (Fsp3) is 0.778. The number of amides is 1. The molecule has 1 N–H and O–H groups in total. The molecule has 1 saturated heterocycles. The summed E-state index contributed by atoms with van der Waals surface area (Å²) >= 11 is 0. The third-order valence-corrected chi connectivity index (χ3v) is 2.71. The van der Waals surface area contributed by atoms with Gasteiger partial charge in [-0.15, -0.1) is 0 Å². The Labute approximate surface area is 95.8 Å². The zero-order valence-electron chi connectivity index (χ0n) is 9.20. The molecule has 0 spiro atoms. The highest BCUT2D eigenvalue weighted by Crippen LogP contribution is 2.21. The van der Waals surface area contributed by atoms with Crippen molar-refractivity contribution in [2.24, 2.45) is 0 Å². The number of hydrogen-bond donors (Lipinski definition) is 1. The van der Waals surface area contributed by atoms with Crippen LogP contribution in [0.2, 0.25) is 0 Å². The molecule has 0 aromatic carbocycles. The molecule has 1 atom stereocenters. The van der Waals surface area contributed by atoms with Gasteiger partial charge in [-0.3, -0.25) is 14.5 Å². The van der Waals surface area contributed by atoms with Crippen molar-refractivity contribution in [3.05, 3.63) is 0 Å². The van der Waals surface area contributed by atoms with Gasteiger partial charge in [0.2, 0.25) is 0 Å². The van der Waals surface area contributed by atoms with Gasteiger partial charge in [-0.25, -0.2) is 0 Å². The molecular formula is C9H13F3N2O3. The van der Waals surface area contributed by atoms with Crippen LogP contribution in [0.1, 0.15) is 6.92 Å². The van der Waals surface area contributed by atoms with E-state index in [1.54, 1.807) is 6.92 Å². The van der Waals surface area contributed by atoms with Gasteiger partial charge in [0, 0.05) is 19.6 Å². The molecule has 8 heteroatoms. The minimum Gasteiger partial charge on any atom is -0.480 e. The van der Waals surface area contributed by atoms with Crippen LogP contribution in [0.25, 0.3) is 0 Å².